The van der Waals surface area contributed by atoms with E-state index >= 15 is 0 Å². The molecule has 0 amide bonds. The van der Waals surface area contributed by atoms with E-state index in [2.05, 4.69) is 0 Å². The molecule has 78 valence electrons. The first-order valence-electron chi connectivity index (χ1n) is 4.56. The van der Waals surface area contributed by atoms with Crippen LogP contribution in [0.5, 0.6) is 0 Å². The average molecular weight is 213 g/mol. The minimum atomic E-state index is -0.321. The van der Waals surface area contributed by atoms with Gasteiger partial charge >= 0.3 is 5.97 Å². The predicted octanol–water partition coefficient (Wildman–Crippen LogP) is 2.53. The quantitative estimate of drug-likeness (QED) is 0.785. The van der Waals surface area contributed by atoms with E-state index < -0.39 is 0 Å². The van der Waals surface area contributed by atoms with Crippen molar-refractivity contribution < 1.29 is 9.53 Å². The van der Waals surface area contributed by atoms with Gasteiger partial charge < -0.3 is 10.5 Å². The molecule has 0 spiro atoms. The second-order valence-corrected chi connectivity index (χ2v) is 4.48. The van der Waals surface area contributed by atoms with Crippen molar-refractivity contribution in [3.8, 4) is 0 Å². The van der Waals surface area contributed by atoms with Crippen LogP contribution in [0, 0.1) is 5.92 Å². The summed E-state index contributed by atoms with van der Waals surface area (Å²) in [7, 11) is 0. The zero-order valence-electron chi connectivity index (χ0n) is 8.61. The summed E-state index contributed by atoms with van der Waals surface area (Å²) < 4.78 is 5.23. The molecule has 0 saturated heterocycles. The third-order valence-electron chi connectivity index (χ3n) is 2.11. The van der Waals surface area contributed by atoms with E-state index in [1.54, 1.807) is 11.4 Å². The van der Waals surface area contributed by atoms with E-state index in [4.69, 9.17) is 10.5 Å². The van der Waals surface area contributed by atoms with E-state index in [1.165, 1.54) is 11.3 Å². The highest BCUT2D eigenvalue weighted by atomic mass is 32.1. The lowest BCUT2D eigenvalue weighted by Gasteiger charge is -2.15. The number of esters is 1. The first-order chi connectivity index (χ1) is 6.52. The smallest absolute Gasteiger partial charge is 0.350 e. The second kappa shape index (κ2) is 4.46. The molecule has 1 atom stereocenters. The Kier molecular flexibility index (Phi) is 3.52. The molecule has 4 heteroatoms. The van der Waals surface area contributed by atoms with Crippen molar-refractivity contribution in [1.82, 2.24) is 0 Å². The summed E-state index contributed by atoms with van der Waals surface area (Å²) in [4.78, 5) is 12.0. The number of carbonyl (C=O) groups is 1. The highest BCUT2D eigenvalue weighted by Gasteiger charge is 2.17. The van der Waals surface area contributed by atoms with Crippen LogP contribution in [0.15, 0.2) is 11.4 Å². The number of nitrogens with two attached hydrogens (primary N) is 1. The summed E-state index contributed by atoms with van der Waals surface area (Å²) >= 11 is 1.31. The molecule has 0 radical (unpaired) electrons. The molecule has 0 aliphatic rings. The Morgan fingerprint density at radius 3 is 2.57 bits per heavy atom. The summed E-state index contributed by atoms with van der Waals surface area (Å²) in [6.07, 6.45) is -0.0796. The molecule has 0 aliphatic heterocycles. The number of anilines is 1. The molecule has 0 saturated carbocycles. The molecule has 0 bridgehead atoms. The van der Waals surface area contributed by atoms with Gasteiger partial charge in [0.25, 0.3) is 0 Å². The van der Waals surface area contributed by atoms with Crippen LogP contribution in [-0.2, 0) is 4.74 Å². The lowest BCUT2D eigenvalue weighted by atomic mass is 10.1. The number of thiophene rings is 1. The summed E-state index contributed by atoms with van der Waals surface area (Å²) in [5, 5.41) is 1.78. The van der Waals surface area contributed by atoms with Crippen LogP contribution in [0.4, 0.5) is 5.69 Å². The number of rotatable bonds is 3. The fraction of sp³-hybridized carbons (Fsp3) is 0.500. The van der Waals surface area contributed by atoms with Gasteiger partial charge in [0.05, 0.1) is 5.69 Å². The summed E-state index contributed by atoms with van der Waals surface area (Å²) in [5.41, 5.74) is 6.10. The monoisotopic (exact) mass is 213 g/mol. The SMILES string of the molecule is CC(C)C(C)OC(=O)c1sccc1N. The molecule has 1 aromatic heterocycles. The molecule has 1 rings (SSSR count). The third kappa shape index (κ3) is 2.48. The standard InChI is InChI=1S/C10H15NO2S/c1-6(2)7(3)13-10(12)9-8(11)4-5-14-9/h4-7H,11H2,1-3H3. The van der Waals surface area contributed by atoms with Gasteiger partial charge in [0.2, 0.25) is 0 Å². The molecule has 2 N–H and O–H groups in total. The maximum absolute atomic E-state index is 11.5. The molecular formula is C10H15NO2S. The van der Waals surface area contributed by atoms with Gasteiger partial charge in [-0.3, -0.25) is 0 Å². The van der Waals surface area contributed by atoms with Gasteiger partial charge in [-0.2, -0.15) is 0 Å². The molecule has 3 nitrogen and oxygen atoms in total. The molecule has 1 heterocycles. The van der Waals surface area contributed by atoms with Gasteiger partial charge in [-0.05, 0) is 24.3 Å². The Balaban J connectivity index is 2.64. The van der Waals surface area contributed by atoms with Crippen molar-refractivity contribution in [2.24, 2.45) is 5.92 Å². The molecular weight excluding hydrogens is 198 g/mol. The fourth-order valence-electron chi connectivity index (χ4n) is 0.843. The van der Waals surface area contributed by atoms with Gasteiger partial charge in [0, 0.05) is 0 Å². The maximum Gasteiger partial charge on any atom is 0.350 e. The Bertz CT molecular complexity index is 320. The topological polar surface area (TPSA) is 52.3 Å². The molecule has 14 heavy (non-hydrogen) atoms. The van der Waals surface area contributed by atoms with Gasteiger partial charge in [-0.15, -0.1) is 11.3 Å². The zero-order valence-corrected chi connectivity index (χ0v) is 9.43. The van der Waals surface area contributed by atoms with Gasteiger partial charge in [0.1, 0.15) is 11.0 Å². The Hall–Kier alpha value is -1.03. The number of hydrogen-bond donors (Lipinski definition) is 1. The Morgan fingerprint density at radius 2 is 2.14 bits per heavy atom. The molecule has 0 aliphatic carbocycles. The number of carbonyl (C=O) groups excluding carboxylic acids is 1. The largest absolute Gasteiger partial charge is 0.458 e. The second-order valence-electron chi connectivity index (χ2n) is 3.56. The first kappa shape index (κ1) is 11.0. The van der Waals surface area contributed by atoms with Crippen LogP contribution in [0.2, 0.25) is 0 Å². The van der Waals surface area contributed by atoms with E-state index in [0.29, 0.717) is 16.5 Å². The van der Waals surface area contributed by atoms with Crippen LogP contribution >= 0.6 is 11.3 Å². The summed E-state index contributed by atoms with van der Waals surface area (Å²) in [5.74, 6) is -0.00108. The lowest BCUT2D eigenvalue weighted by molar-refractivity contribution is 0.0245. The average Bonchev–Trinajstić information content (AvgIpc) is 2.51. The first-order valence-corrected chi connectivity index (χ1v) is 5.44. The number of hydrogen-bond acceptors (Lipinski definition) is 4. The van der Waals surface area contributed by atoms with Crippen LogP contribution in [0.25, 0.3) is 0 Å². The van der Waals surface area contributed by atoms with Crippen molar-refractivity contribution in [3.05, 3.63) is 16.3 Å². The molecule has 0 aromatic carbocycles. The van der Waals surface area contributed by atoms with Crippen LogP contribution in [0.3, 0.4) is 0 Å². The maximum atomic E-state index is 11.5. The fourth-order valence-corrected chi connectivity index (χ4v) is 1.54. The highest BCUT2D eigenvalue weighted by molar-refractivity contribution is 7.12. The van der Waals surface area contributed by atoms with Crippen molar-refractivity contribution in [3.63, 3.8) is 0 Å². The van der Waals surface area contributed by atoms with Crippen molar-refractivity contribution in [2.45, 2.75) is 26.9 Å². The Labute approximate surface area is 87.9 Å². The van der Waals surface area contributed by atoms with E-state index in [-0.39, 0.29) is 12.1 Å². The highest BCUT2D eigenvalue weighted by Crippen LogP contribution is 2.21. The van der Waals surface area contributed by atoms with Crippen molar-refractivity contribution in [1.29, 1.82) is 0 Å². The predicted molar refractivity (Wildman–Crippen MR) is 58.4 cm³/mol. The van der Waals surface area contributed by atoms with Crippen molar-refractivity contribution in [2.75, 3.05) is 5.73 Å². The summed E-state index contributed by atoms with van der Waals surface area (Å²) in [6, 6.07) is 1.71. The minimum absolute atomic E-state index is 0.0796. The van der Waals surface area contributed by atoms with Gasteiger partial charge in [-0.1, -0.05) is 13.8 Å². The molecule has 0 fully saturated rings. The minimum Gasteiger partial charge on any atom is -0.458 e. The van der Waals surface area contributed by atoms with Gasteiger partial charge in [0.15, 0.2) is 0 Å². The van der Waals surface area contributed by atoms with E-state index in [0.717, 1.165) is 0 Å². The van der Waals surface area contributed by atoms with Crippen LogP contribution < -0.4 is 5.73 Å². The number of nitrogen functional groups attached to an aromatic ring is 1. The van der Waals surface area contributed by atoms with Crippen molar-refractivity contribution >= 4 is 23.0 Å². The third-order valence-corrected chi connectivity index (χ3v) is 3.02. The normalized spacial score (nSPS) is 12.9. The molecule has 1 unspecified atom stereocenters. The lowest BCUT2D eigenvalue weighted by Crippen LogP contribution is -2.20. The van der Waals surface area contributed by atoms with E-state index in [9.17, 15) is 4.79 Å². The Morgan fingerprint density at radius 1 is 1.50 bits per heavy atom. The zero-order chi connectivity index (χ0) is 10.7. The van der Waals surface area contributed by atoms with Crippen LogP contribution in [-0.4, -0.2) is 12.1 Å². The van der Waals surface area contributed by atoms with E-state index in [1.807, 2.05) is 20.8 Å². The van der Waals surface area contributed by atoms with Gasteiger partial charge in [-0.25, -0.2) is 4.79 Å². The molecule has 1 aromatic rings. The van der Waals surface area contributed by atoms with Crippen LogP contribution in [0.1, 0.15) is 30.4 Å². The number of ether oxygens (including phenoxy) is 1. The summed E-state index contributed by atoms with van der Waals surface area (Å²) in [6.45, 7) is 5.90.